The van der Waals surface area contributed by atoms with Crippen LogP contribution >= 0.6 is 0 Å². The van der Waals surface area contributed by atoms with Crippen molar-refractivity contribution < 1.29 is 4.79 Å². The second-order valence-corrected chi connectivity index (χ2v) is 5.62. The molecular formula is C15H21N3O. The van der Waals surface area contributed by atoms with Gasteiger partial charge >= 0.3 is 0 Å². The van der Waals surface area contributed by atoms with Gasteiger partial charge in [-0.15, -0.1) is 0 Å². The van der Waals surface area contributed by atoms with Crippen LogP contribution in [0.4, 0.5) is 0 Å². The van der Waals surface area contributed by atoms with Crippen LogP contribution in [-0.4, -0.2) is 34.1 Å². The van der Waals surface area contributed by atoms with Crippen LogP contribution in [0.25, 0.3) is 0 Å². The molecule has 0 unspecified atom stereocenters. The Hall–Kier alpha value is -1.58. The maximum absolute atomic E-state index is 12.5. The molecule has 1 fully saturated rings. The van der Waals surface area contributed by atoms with Crippen molar-refractivity contribution in [1.29, 1.82) is 0 Å². The summed E-state index contributed by atoms with van der Waals surface area (Å²) in [6.45, 7) is 1.77. The van der Waals surface area contributed by atoms with Crippen molar-refractivity contribution in [2.75, 3.05) is 13.1 Å². The molecule has 4 nitrogen and oxygen atoms in total. The van der Waals surface area contributed by atoms with Crippen LogP contribution in [0.2, 0.25) is 0 Å². The molecule has 1 saturated heterocycles. The lowest BCUT2D eigenvalue weighted by Crippen LogP contribution is -2.42. The van der Waals surface area contributed by atoms with E-state index in [4.69, 9.17) is 0 Å². The zero-order chi connectivity index (χ0) is 13.1. The van der Waals surface area contributed by atoms with Gasteiger partial charge < -0.3 is 4.90 Å². The number of aromatic nitrogens is 2. The van der Waals surface area contributed by atoms with E-state index in [1.807, 2.05) is 6.07 Å². The molecule has 4 heteroatoms. The summed E-state index contributed by atoms with van der Waals surface area (Å²) in [5.41, 5.74) is 1.17. The largest absolute Gasteiger partial charge is 0.342 e. The van der Waals surface area contributed by atoms with Gasteiger partial charge in [-0.1, -0.05) is 12.2 Å². The minimum Gasteiger partial charge on any atom is -0.342 e. The monoisotopic (exact) mass is 259 g/mol. The van der Waals surface area contributed by atoms with Crippen molar-refractivity contribution >= 4 is 5.91 Å². The van der Waals surface area contributed by atoms with E-state index >= 15 is 0 Å². The van der Waals surface area contributed by atoms with E-state index in [-0.39, 0.29) is 5.92 Å². The molecule has 1 aliphatic carbocycles. The summed E-state index contributed by atoms with van der Waals surface area (Å²) in [5, 5.41) is 7.07. The van der Waals surface area contributed by atoms with E-state index < -0.39 is 0 Å². The zero-order valence-corrected chi connectivity index (χ0v) is 11.2. The first-order chi connectivity index (χ1) is 9.34. The van der Waals surface area contributed by atoms with Gasteiger partial charge in [0.2, 0.25) is 5.91 Å². The number of hydrogen-bond donors (Lipinski definition) is 1. The Bertz CT molecular complexity index is 452. The number of carbonyl (C=O) groups excluding carboxylic acids is 1. The van der Waals surface area contributed by atoms with Crippen LogP contribution in [-0.2, 0) is 4.79 Å². The second-order valence-electron chi connectivity index (χ2n) is 5.62. The summed E-state index contributed by atoms with van der Waals surface area (Å²) in [7, 11) is 0. The number of rotatable bonds is 2. The lowest BCUT2D eigenvalue weighted by molar-refractivity contribution is -0.137. The van der Waals surface area contributed by atoms with Gasteiger partial charge in [0.25, 0.3) is 0 Å². The molecule has 1 N–H and O–H groups in total. The van der Waals surface area contributed by atoms with Gasteiger partial charge in [-0.2, -0.15) is 5.10 Å². The quantitative estimate of drug-likeness (QED) is 0.829. The standard InChI is InChI=1S/C15H21N3O/c19-15(12-5-2-1-3-6-12)18-10-4-7-13(11-18)14-8-9-16-17-14/h1-2,8-9,12-13H,3-7,10-11H2,(H,16,17)/t12-,13-/m1/s1. The molecule has 1 aromatic heterocycles. The highest BCUT2D eigenvalue weighted by Crippen LogP contribution is 2.28. The van der Waals surface area contributed by atoms with Crippen LogP contribution in [0.15, 0.2) is 24.4 Å². The minimum absolute atomic E-state index is 0.213. The molecule has 0 saturated carbocycles. The third kappa shape index (κ3) is 2.72. The third-order valence-electron chi connectivity index (χ3n) is 4.31. The molecule has 2 aliphatic rings. The average molecular weight is 259 g/mol. The van der Waals surface area contributed by atoms with Crippen molar-refractivity contribution in [1.82, 2.24) is 15.1 Å². The molecule has 19 heavy (non-hydrogen) atoms. The molecular weight excluding hydrogens is 238 g/mol. The van der Waals surface area contributed by atoms with E-state index in [0.29, 0.717) is 11.8 Å². The number of H-pyrrole nitrogens is 1. The Morgan fingerprint density at radius 2 is 2.32 bits per heavy atom. The highest BCUT2D eigenvalue weighted by molar-refractivity contribution is 5.79. The summed E-state index contributed by atoms with van der Waals surface area (Å²) in [6, 6.07) is 2.03. The summed E-state index contributed by atoms with van der Waals surface area (Å²) in [6.07, 6.45) is 11.4. The summed E-state index contributed by atoms with van der Waals surface area (Å²) < 4.78 is 0. The number of piperidine rings is 1. The second kappa shape index (κ2) is 5.59. The van der Waals surface area contributed by atoms with Crippen molar-refractivity contribution in [3.05, 3.63) is 30.1 Å². The first-order valence-corrected chi connectivity index (χ1v) is 7.27. The number of nitrogens with zero attached hydrogens (tertiary/aromatic N) is 2. The van der Waals surface area contributed by atoms with Gasteiger partial charge in [0.05, 0.1) is 0 Å². The van der Waals surface area contributed by atoms with Crippen LogP contribution in [0.5, 0.6) is 0 Å². The molecule has 0 spiro atoms. The molecule has 1 aromatic rings. The smallest absolute Gasteiger partial charge is 0.226 e. The van der Waals surface area contributed by atoms with E-state index in [9.17, 15) is 4.79 Å². The minimum atomic E-state index is 0.213. The first-order valence-electron chi connectivity index (χ1n) is 7.27. The van der Waals surface area contributed by atoms with Crippen molar-refractivity contribution in [3.8, 4) is 0 Å². The third-order valence-corrected chi connectivity index (χ3v) is 4.31. The van der Waals surface area contributed by atoms with Crippen LogP contribution in [0, 0.1) is 5.92 Å². The summed E-state index contributed by atoms with van der Waals surface area (Å²) >= 11 is 0. The fraction of sp³-hybridized carbons (Fsp3) is 0.600. The van der Waals surface area contributed by atoms with Crippen LogP contribution in [0.3, 0.4) is 0 Å². The molecule has 102 valence electrons. The summed E-state index contributed by atoms with van der Waals surface area (Å²) in [4.78, 5) is 14.6. The van der Waals surface area contributed by atoms with E-state index in [1.165, 1.54) is 5.69 Å². The normalized spacial score (nSPS) is 27.5. The zero-order valence-electron chi connectivity index (χ0n) is 11.2. The predicted octanol–water partition coefficient (Wildman–Crippen LogP) is 2.47. The molecule has 2 heterocycles. The summed E-state index contributed by atoms with van der Waals surface area (Å²) in [5.74, 6) is 0.999. The lowest BCUT2D eigenvalue weighted by Gasteiger charge is -2.35. The fourth-order valence-corrected chi connectivity index (χ4v) is 3.20. The molecule has 1 amide bonds. The Morgan fingerprint density at radius 3 is 3.05 bits per heavy atom. The van der Waals surface area contributed by atoms with Gasteiger partial charge in [0, 0.05) is 36.8 Å². The fourth-order valence-electron chi connectivity index (χ4n) is 3.20. The predicted molar refractivity (Wildman–Crippen MR) is 73.6 cm³/mol. The van der Waals surface area contributed by atoms with Crippen LogP contribution in [0.1, 0.15) is 43.7 Å². The number of carbonyl (C=O) groups is 1. The maximum atomic E-state index is 12.5. The van der Waals surface area contributed by atoms with Gasteiger partial charge in [-0.05, 0) is 38.2 Å². The van der Waals surface area contributed by atoms with E-state index in [1.54, 1.807) is 6.20 Å². The average Bonchev–Trinajstić information content (AvgIpc) is 3.02. The van der Waals surface area contributed by atoms with Crippen molar-refractivity contribution in [2.45, 2.75) is 38.0 Å². The molecule has 0 aromatic carbocycles. The molecule has 0 bridgehead atoms. The van der Waals surface area contributed by atoms with Crippen LogP contribution < -0.4 is 0 Å². The van der Waals surface area contributed by atoms with Crippen molar-refractivity contribution in [3.63, 3.8) is 0 Å². The Kier molecular flexibility index (Phi) is 3.67. The molecule has 1 aliphatic heterocycles. The number of aromatic amines is 1. The van der Waals surface area contributed by atoms with E-state index in [2.05, 4.69) is 27.2 Å². The Morgan fingerprint density at radius 1 is 1.37 bits per heavy atom. The molecule has 0 radical (unpaired) electrons. The molecule has 2 atom stereocenters. The molecule has 3 rings (SSSR count). The van der Waals surface area contributed by atoms with Gasteiger partial charge in [0.1, 0.15) is 0 Å². The Labute approximate surface area is 113 Å². The topological polar surface area (TPSA) is 49.0 Å². The number of nitrogens with one attached hydrogen (secondary N) is 1. The van der Waals surface area contributed by atoms with Gasteiger partial charge in [-0.3, -0.25) is 9.89 Å². The van der Waals surface area contributed by atoms with Crippen molar-refractivity contribution in [2.24, 2.45) is 5.92 Å². The Balaban J connectivity index is 1.64. The maximum Gasteiger partial charge on any atom is 0.226 e. The van der Waals surface area contributed by atoms with Gasteiger partial charge in [0.15, 0.2) is 0 Å². The number of hydrogen-bond acceptors (Lipinski definition) is 2. The highest BCUT2D eigenvalue weighted by atomic mass is 16.2. The highest BCUT2D eigenvalue weighted by Gasteiger charge is 2.29. The van der Waals surface area contributed by atoms with E-state index in [0.717, 1.165) is 45.2 Å². The SMILES string of the molecule is O=C([C@@H]1CC=CCC1)N1CCC[C@@H](c2ccn[nH]2)C1. The lowest BCUT2D eigenvalue weighted by atomic mass is 9.90. The van der Waals surface area contributed by atoms with Gasteiger partial charge in [-0.25, -0.2) is 0 Å². The first kappa shape index (κ1) is 12.5. The number of allylic oxidation sites excluding steroid dienone is 2. The number of likely N-dealkylation sites (tertiary alicyclic amines) is 1. The number of amides is 1.